The van der Waals surface area contributed by atoms with E-state index in [9.17, 15) is 32.3 Å². The number of halogens is 6. The Kier molecular flexibility index (Phi) is 8.57. The fourth-order valence-electron chi connectivity index (χ4n) is 5.57. The summed E-state index contributed by atoms with van der Waals surface area (Å²) in [5, 5.41) is 0. The fourth-order valence-corrected chi connectivity index (χ4v) is 5.57. The number of carbonyl (C=O) groups excluding carboxylic acids is 4. The first-order valence-electron chi connectivity index (χ1n) is 15.0. The fraction of sp³-hybridized carbons (Fsp3) is 0.135. The molecule has 0 aliphatic carbocycles. The lowest BCUT2D eigenvalue weighted by Crippen LogP contribution is -2.53. The predicted molar refractivity (Wildman–Crippen MR) is 172 cm³/mol. The van der Waals surface area contributed by atoms with Gasteiger partial charge in [0.2, 0.25) is 5.67 Å². The summed E-state index contributed by atoms with van der Waals surface area (Å²) in [6, 6.07) is 16.6. The van der Waals surface area contributed by atoms with Crippen molar-refractivity contribution in [3.63, 3.8) is 0 Å². The molecule has 0 unspecified atom stereocenters. The number of carbonyl (C=O) groups is 4. The molecule has 0 fully saturated rings. The van der Waals surface area contributed by atoms with E-state index in [1.54, 1.807) is 0 Å². The largest absolute Gasteiger partial charge is 0.457 e. The molecular formula is C37H24F6N2O6. The van der Waals surface area contributed by atoms with Gasteiger partial charge in [-0.2, -0.15) is 22.0 Å². The van der Waals surface area contributed by atoms with Gasteiger partial charge in [-0.05, 0) is 97.8 Å². The predicted octanol–water partition coefficient (Wildman–Crippen LogP) is 8.16. The minimum atomic E-state index is -6.29. The summed E-state index contributed by atoms with van der Waals surface area (Å²) in [6.45, 7) is 2.68. The summed E-state index contributed by atoms with van der Waals surface area (Å²) in [6.07, 6.45) is -1.85. The summed E-state index contributed by atoms with van der Waals surface area (Å²) in [5.41, 5.74) is -5.83. The second-order valence-corrected chi connectivity index (χ2v) is 11.6. The Bertz CT molecular complexity index is 1970. The normalized spacial score (nSPS) is 15.0. The van der Waals surface area contributed by atoms with Crippen LogP contribution in [0.15, 0.2) is 109 Å². The first-order valence-corrected chi connectivity index (χ1v) is 15.0. The van der Waals surface area contributed by atoms with Gasteiger partial charge in [-0.15, -0.1) is 0 Å². The number of rotatable bonds is 9. The zero-order chi connectivity index (χ0) is 36.9. The van der Waals surface area contributed by atoms with Crippen LogP contribution in [-0.4, -0.2) is 35.7 Å². The molecule has 6 rings (SSSR count). The molecule has 14 heteroatoms. The monoisotopic (exact) mass is 706 g/mol. The highest BCUT2D eigenvalue weighted by atomic mass is 19.4. The second kappa shape index (κ2) is 12.6. The van der Waals surface area contributed by atoms with Gasteiger partial charge in [-0.3, -0.25) is 19.2 Å². The van der Waals surface area contributed by atoms with E-state index in [0.29, 0.717) is 0 Å². The molecule has 0 bridgehead atoms. The number of amides is 4. The van der Waals surface area contributed by atoms with Gasteiger partial charge in [0.15, 0.2) is 0 Å². The third-order valence-corrected chi connectivity index (χ3v) is 8.20. The Morgan fingerprint density at radius 1 is 0.490 bits per heavy atom. The maximum atomic E-state index is 16.8. The summed E-state index contributed by atoms with van der Waals surface area (Å²) in [4.78, 5) is 49.6. The number of anilines is 2. The number of nitrogens with zero attached hydrogens (tertiary/aromatic N) is 2. The van der Waals surface area contributed by atoms with E-state index < -0.39 is 52.5 Å². The zero-order valence-electron chi connectivity index (χ0n) is 26.5. The maximum Gasteiger partial charge on any atom is 0.457 e. The topological polar surface area (TPSA) is 93.2 Å². The van der Waals surface area contributed by atoms with Crippen LogP contribution < -0.4 is 19.3 Å². The summed E-state index contributed by atoms with van der Waals surface area (Å²) in [5.74, 6) is -7.68. The van der Waals surface area contributed by atoms with Crippen molar-refractivity contribution >= 4 is 35.0 Å². The van der Waals surface area contributed by atoms with Gasteiger partial charge < -0.3 is 9.47 Å². The van der Waals surface area contributed by atoms with E-state index in [0.717, 1.165) is 70.5 Å². The Labute approximate surface area is 285 Å². The number of hydrogen-bond acceptors (Lipinski definition) is 6. The van der Waals surface area contributed by atoms with Crippen molar-refractivity contribution in [2.75, 3.05) is 9.80 Å². The second-order valence-electron chi connectivity index (χ2n) is 11.6. The van der Waals surface area contributed by atoms with E-state index in [2.05, 4.69) is 0 Å². The lowest BCUT2D eigenvalue weighted by atomic mass is 9.81. The summed E-state index contributed by atoms with van der Waals surface area (Å²) >= 11 is 0. The number of ether oxygens (including phenoxy) is 2. The Balaban J connectivity index is 1.27. The number of benzene rings is 4. The average molecular weight is 707 g/mol. The van der Waals surface area contributed by atoms with Gasteiger partial charge in [0.25, 0.3) is 23.6 Å². The minimum Gasteiger partial charge on any atom is -0.457 e. The summed E-state index contributed by atoms with van der Waals surface area (Å²) in [7, 11) is 0. The molecule has 2 aliphatic rings. The van der Waals surface area contributed by atoms with Gasteiger partial charge in [0.05, 0.1) is 11.4 Å². The van der Waals surface area contributed by atoms with Crippen molar-refractivity contribution in [3.05, 3.63) is 131 Å². The van der Waals surface area contributed by atoms with Crippen LogP contribution >= 0.6 is 0 Å². The first kappa shape index (κ1) is 34.7. The van der Waals surface area contributed by atoms with Gasteiger partial charge >= 0.3 is 12.1 Å². The molecular weight excluding hydrogens is 682 g/mol. The van der Waals surface area contributed by atoms with Crippen molar-refractivity contribution in [1.82, 2.24) is 0 Å². The highest BCUT2D eigenvalue weighted by Crippen LogP contribution is 2.55. The van der Waals surface area contributed by atoms with Gasteiger partial charge in [0, 0.05) is 35.4 Å². The van der Waals surface area contributed by atoms with E-state index >= 15 is 13.2 Å². The quantitative estimate of drug-likeness (QED) is 0.129. The van der Waals surface area contributed by atoms with Crippen LogP contribution in [0.2, 0.25) is 0 Å². The molecule has 51 heavy (non-hydrogen) atoms. The zero-order valence-corrected chi connectivity index (χ0v) is 26.5. The molecule has 0 N–H and O–H groups in total. The third kappa shape index (κ3) is 6.13. The molecule has 260 valence electrons. The number of aryl methyl sites for hydroxylation is 2. The Hall–Kier alpha value is -6.18. The van der Waals surface area contributed by atoms with Crippen molar-refractivity contribution in [3.8, 4) is 23.0 Å². The molecule has 4 aromatic carbocycles. The summed E-state index contributed by atoms with van der Waals surface area (Å²) < 4.78 is 101. The van der Waals surface area contributed by atoms with Crippen molar-refractivity contribution in [2.24, 2.45) is 0 Å². The molecule has 0 radical (unpaired) electrons. The van der Waals surface area contributed by atoms with Crippen LogP contribution in [0.1, 0.15) is 22.3 Å². The molecule has 0 saturated carbocycles. The number of alkyl halides is 6. The molecule has 2 heterocycles. The molecule has 0 spiro atoms. The van der Waals surface area contributed by atoms with Crippen LogP contribution in [0.3, 0.4) is 0 Å². The Morgan fingerprint density at radius 2 is 0.824 bits per heavy atom. The standard InChI is InChI=1S/C37H24F6N2O6/c1-21-19-23(3-13-29(21)50-27-9-5-25(6-10-27)44-31(46)15-16-32(44)47)35(38,36(39,40)37(41,42)43)24-4-14-30(22(2)20-24)51-28-11-7-26(8-12-28)45-33(48)17-18-34(45)49/h3-20H,1-2H3. The van der Waals surface area contributed by atoms with Crippen molar-refractivity contribution < 1.29 is 55.0 Å². The van der Waals surface area contributed by atoms with Crippen LogP contribution in [0.5, 0.6) is 23.0 Å². The van der Waals surface area contributed by atoms with Crippen molar-refractivity contribution in [1.29, 1.82) is 0 Å². The van der Waals surface area contributed by atoms with Crippen LogP contribution in [0.4, 0.5) is 37.7 Å². The van der Waals surface area contributed by atoms with Gasteiger partial charge in [-0.1, -0.05) is 12.1 Å². The van der Waals surface area contributed by atoms with Crippen molar-refractivity contribution in [2.45, 2.75) is 31.6 Å². The number of imide groups is 2. The molecule has 0 saturated heterocycles. The highest BCUT2D eigenvalue weighted by molar-refractivity contribution is 6.28. The minimum absolute atomic E-state index is 0.0137. The lowest BCUT2D eigenvalue weighted by Gasteiger charge is -2.36. The van der Waals surface area contributed by atoms with Crippen LogP contribution in [0, 0.1) is 13.8 Å². The SMILES string of the molecule is Cc1cc(C(F)(c2ccc(Oc3ccc(N4C(=O)C=CC4=O)cc3)c(C)c2)C(F)(F)C(F)(F)F)ccc1Oc1ccc(N2C(=O)C=CC2=O)cc1. The molecule has 0 aromatic heterocycles. The molecule has 8 nitrogen and oxygen atoms in total. The van der Waals surface area contributed by atoms with Gasteiger partial charge in [-0.25, -0.2) is 14.2 Å². The van der Waals surface area contributed by atoms with E-state index in [-0.39, 0.29) is 45.5 Å². The lowest BCUT2D eigenvalue weighted by molar-refractivity contribution is -0.323. The highest BCUT2D eigenvalue weighted by Gasteiger charge is 2.72. The van der Waals surface area contributed by atoms with E-state index in [1.165, 1.54) is 62.4 Å². The maximum absolute atomic E-state index is 16.8. The van der Waals surface area contributed by atoms with E-state index in [1.807, 2.05) is 0 Å². The first-order chi connectivity index (χ1) is 24.0. The molecule has 2 aliphatic heterocycles. The van der Waals surface area contributed by atoms with Crippen LogP contribution in [-0.2, 0) is 24.8 Å². The molecule has 4 amide bonds. The van der Waals surface area contributed by atoms with Crippen LogP contribution in [0.25, 0.3) is 0 Å². The van der Waals surface area contributed by atoms with Gasteiger partial charge in [0.1, 0.15) is 23.0 Å². The number of hydrogen-bond donors (Lipinski definition) is 0. The Morgan fingerprint density at radius 3 is 1.12 bits per heavy atom. The third-order valence-electron chi connectivity index (χ3n) is 8.20. The molecule has 0 atom stereocenters. The average Bonchev–Trinajstić information content (AvgIpc) is 3.60. The smallest absolute Gasteiger partial charge is 0.457 e. The van der Waals surface area contributed by atoms with E-state index in [4.69, 9.17) is 9.47 Å². The molecule has 4 aromatic rings.